The van der Waals surface area contributed by atoms with E-state index in [2.05, 4.69) is 10.1 Å². The normalized spacial score (nSPS) is 15.1. The van der Waals surface area contributed by atoms with Gasteiger partial charge in [0, 0.05) is 6.54 Å². The van der Waals surface area contributed by atoms with Gasteiger partial charge < -0.3 is 5.73 Å². The fourth-order valence-corrected chi connectivity index (χ4v) is 0.751. The van der Waals surface area contributed by atoms with Gasteiger partial charge in [-0.25, -0.2) is 4.98 Å². The molecule has 64 valence electrons. The topological polar surface area (TPSA) is 80.5 Å². The Bertz CT molecular complexity index is 268. The van der Waals surface area contributed by atoms with Crippen LogP contribution in [0.15, 0.2) is 12.7 Å². The van der Waals surface area contributed by atoms with E-state index in [0.717, 1.165) is 0 Å². The summed E-state index contributed by atoms with van der Waals surface area (Å²) in [6.07, 6.45) is 3.64. The molecule has 0 aromatic carbocycles. The maximum atomic E-state index is 8.60. The molecule has 0 amide bonds. The Kier molecular flexibility index (Phi) is 2.41. The van der Waals surface area contributed by atoms with Gasteiger partial charge in [-0.15, -0.1) is 0 Å². The third kappa shape index (κ3) is 2.32. The van der Waals surface area contributed by atoms with E-state index in [-0.39, 0.29) is 0 Å². The second kappa shape index (κ2) is 3.32. The molecule has 0 spiro atoms. The first-order valence-electron chi connectivity index (χ1n) is 3.66. The lowest BCUT2D eigenvalue weighted by Gasteiger charge is -2.13. The molecule has 1 aromatic rings. The summed E-state index contributed by atoms with van der Waals surface area (Å²) in [6, 6.07) is 2.02. The van der Waals surface area contributed by atoms with Crippen LogP contribution < -0.4 is 5.73 Å². The number of nitrogens with zero attached hydrogens (tertiary/aromatic N) is 4. The summed E-state index contributed by atoms with van der Waals surface area (Å²) in [5.41, 5.74) is 4.84. The highest BCUT2D eigenvalue weighted by Gasteiger charge is 2.16. The van der Waals surface area contributed by atoms with E-state index in [1.165, 1.54) is 6.33 Å². The highest BCUT2D eigenvalue weighted by Crippen LogP contribution is 2.04. The summed E-state index contributed by atoms with van der Waals surface area (Å²) < 4.78 is 1.66. The van der Waals surface area contributed by atoms with Gasteiger partial charge in [0.2, 0.25) is 0 Å². The molecule has 0 radical (unpaired) electrons. The molecule has 2 N–H and O–H groups in total. The monoisotopic (exact) mass is 165 g/mol. The van der Waals surface area contributed by atoms with Crippen LogP contribution in [0.3, 0.4) is 0 Å². The zero-order chi connectivity index (χ0) is 9.03. The molecular formula is C7H11N5. The average Bonchev–Trinajstić information content (AvgIpc) is 2.53. The minimum atomic E-state index is -0.772. The summed E-state index contributed by atoms with van der Waals surface area (Å²) in [4.78, 5) is 3.78. The SMILES string of the molecule is CC(N)(C#N)CCn1cncn1. The number of aryl methyl sites for hydroxylation is 1. The molecular weight excluding hydrogens is 154 g/mol. The third-order valence-corrected chi connectivity index (χ3v) is 1.58. The quantitative estimate of drug-likeness (QED) is 0.678. The van der Waals surface area contributed by atoms with E-state index in [0.29, 0.717) is 13.0 Å². The molecule has 0 saturated carbocycles. The van der Waals surface area contributed by atoms with Crippen LogP contribution in [0.1, 0.15) is 13.3 Å². The van der Waals surface area contributed by atoms with Crippen LogP contribution in [-0.4, -0.2) is 20.3 Å². The van der Waals surface area contributed by atoms with E-state index in [1.54, 1.807) is 17.9 Å². The first-order chi connectivity index (χ1) is 5.64. The predicted octanol–water partition coefficient (Wildman–Crippen LogP) is -0.0908. The minimum absolute atomic E-state index is 0.576. The molecule has 1 heterocycles. The molecule has 1 atom stereocenters. The van der Waals surface area contributed by atoms with Crippen molar-refractivity contribution in [3.05, 3.63) is 12.7 Å². The Hall–Kier alpha value is -1.41. The lowest BCUT2D eigenvalue weighted by Crippen LogP contribution is -2.35. The van der Waals surface area contributed by atoms with Crippen molar-refractivity contribution in [3.63, 3.8) is 0 Å². The molecule has 1 unspecified atom stereocenters. The van der Waals surface area contributed by atoms with Crippen LogP contribution in [0.4, 0.5) is 0 Å². The molecule has 0 aliphatic heterocycles. The van der Waals surface area contributed by atoms with Crippen LogP contribution in [-0.2, 0) is 6.54 Å². The standard InChI is InChI=1S/C7H11N5/c1-7(9,4-8)2-3-12-6-10-5-11-12/h5-6H,2-3,9H2,1H3. The number of hydrogen-bond donors (Lipinski definition) is 1. The maximum absolute atomic E-state index is 8.60. The van der Waals surface area contributed by atoms with Gasteiger partial charge in [-0.2, -0.15) is 10.4 Å². The number of hydrogen-bond acceptors (Lipinski definition) is 4. The Morgan fingerprint density at radius 1 is 1.75 bits per heavy atom. The smallest absolute Gasteiger partial charge is 0.137 e. The molecule has 0 fully saturated rings. The van der Waals surface area contributed by atoms with Crippen molar-refractivity contribution in [1.82, 2.24) is 14.8 Å². The third-order valence-electron chi connectivity index (χ3n) is 1.58. The van der Waals surface area contributed by atoms with Crippen molar-refractivity contribution in [2.24, 2.45) is 5.73 Å². The first-order valence-corrected chi connectivity index (χ1v) is 3.66. The highest BCUT2D eigenvalue weighted by molar-refractivity contribution is 5.00. The van der Waals surface area contributed by atoms with Gasteiger partial charge in [-0.05, 0) is 13.3 Å². The molecule has 5 nitrogen and oxygen atoms in total. The second-order valence-electron chi connectivity index (χ2n) is 2.94. The highest BCUT2D eigenvalue weighted by atomic mass is 15.3. The van der Waals surface area contributed by atoms with E-state index < -0.39 is 5.54 Å². The average molecular weight is 165 g/mol. The Morgan fingerprint density at radius 3 is 3.00 bits per heavy atom. The predicted molar refractivity (Wildman–Crippen MR) is 42.8 cm³/mol. The van der Waals surface area contributed by atoms with E-state index in [9.17, 15) is 0 Å². The lowest BCUT2D eigenvalue weighted by molar-refractivity contribution is 0.466. The van der Waals surface area contributed by atoms with Crippen molar-refractivity contribution in [2.75, 3.05) is 0 Å². The minimum Gasteiger partial charge on any atom is -0.314 e. The molecule has 0 saturated heterocycles. The van der Waals surface area contributed by atoms with Gasteiger partial charge in [0.25, 0.3) is 0 Å². The molecule has 1 aromatic heterocycles. The summed E-state index contributed by atoms with van der Waals surface area (Å²) in [5.74, 6) is 0. The van der Waals surface area contributed by atoms with Gasteiger partial charge in [-0.1, -0.05) is 0 Å². The zero-order valence-corrected chi connectivity index (χ0v) is 6.94. The lowest BCUT2D eigenvalue weighted by atomic mass is 10.0. The van der Waals surface area contributed by atoms with Crippen molar-refractivity contribution in [1.29, 1.82) is 5.26 Å². The molecule has 0 bridgehead atoms. The second-order valence-corrected chi connectivity index (χ2v) is 2.94. The number of nitriles is 1. The van der Waals surface area contributed by atoms with Crippen molar-refractivity contribution in [3.8, 4) is 6.07 Å². The van der Waals surface area contributed by atoms with Crippen LogP contribution in [0.25, 0.3) is 0 Å². The number of aromatic nitrogens is 3. The maximum Gasteiger partial charge on any atom is 0.137 e. The molecule has 0 aliphatic rings. The Balaban J connectivity index is 2.42. The number of nitrogens with two attached hydrogens (primary N) is 1. The first kappa shape index (κ1) is 8.68. The largest absolute Gasteiger partial charge is 0.314 e. The van der Waals surface area contributed by atoms with Gasteiger partial charge >= 0.3 is 0 Å². The summed E-state index contributed by atoms with van der Waals surface area (Å²) in [5, 5.41) is 12.5. The Labute approximate surface area is 70.8 Å². The van der Waals surface area contributed by atoms with Gasteiger partial charge in [0.05, 0.1) is 6.07 Å². The van der Waals surface area contributed by atoms with Crippen molar-refractivity contribution >= 4 is 0 Å². The zero-order valence-electron chi connectivity index (χ0n) is 6.94. The van der Waals surface area contributed by atoms with E-state index >= 15 is 0 Å². The Morgan fingerprint density at radius 2 is 2.50 bits per heavy atom. The van der Waals surface area contributed by atoms with E-state index in [4.69, 9.17) is 11.0 Å². The molecule has 1 rings (SSSR count). The summed E-state index contributed by atoms with van der Waals surface area (Å²) in [6.45, 7) is 2.32. The molecule has 5 heteroatoms. The van der Waals surface area contributed by atoms with Crippen LogP contribution in [0.5, 0.6) is 0 Å². The van der Waals surface area contributed by atoms with Crippen LogP contribution in [0, 0.1) is 11.3 Å². The number of rotatable bonds is 3. The van der Waals surface area contributed by atoms with E-state index in [1.807, 2.05) is 6.07 Å². The van der Waals surface area contributed by atoms with Gasteiger partial charge in [0.1, 0.15) is 18.2 Å². The fraction of sp³-hybridized carbons (Fsp3) is 0.571. The summed E-state index contributed by atoms with van der Waals surface area (Å²) >= 11 is 0. The molecule has 0 aliphatic carbocycles. The van der Waals surface area contributed by atoms with Gasteiger partial charge in [0.15, 0.2) is 0 Å². The van der Waals surface area contributed by atoms with Crippen LogP contribution >= 0.6 is 0 Å². The fourth-order valence-electron chi connectivity index (χ4n) is 0.751. The van der Waals surface area contributed by atoms with Crippen molar-refractivity contribution < 1.29 is 0 Å². The van der Waals surface area contributed by atoms with Crippen molar-refractivity contribution in [2.45, 2.75) is 25.4 Å². The summed E-state index contributed by atoms with van der Waals surface area (Å²) in [7, 11) is 0. The molecule has 12 heavy (non-hydrogen) atoms. The van der Waals surface area contributed by atoms with Crippen LogP contribution in [0.2, 0.25) is 0 Å². The van der Waals surface area contributed by atoms with Gasteiger partial charge in [-0.3, -0.25) is 4.68 Å².